The number of nitrogens with one attached hydrogen (secondary N) is 1. The third-order valence-corrected chi connectivity index (χ3v) is 5.21. The van der Waals surface area contributed by atoms with Crippen LogP contribution in [0.2, 0.25) is 0 Å². The monoisotopic (exact) mass is 251 g/mol. The first-order valence-corrected chi connectivity index (χ1v) is 7.98. The minimum Gasteiger partial charge on any atom is -0.314 e. The molecule has 0 radical (unpaired) electrons. The first-order valence-electron chi connectivity index (χ1n) is 7.98. The molecule has 1 N–H and O–H groups in total. The molecule has 0 unspecified atom stereocenters. The predicted molar refractivity (Wildman–Crippen MR) is 75.8 cm³/mol. The quantitative estimate of drug-likeness (QED) is 0.818. The number of hydrogen-bond acceptors (Lipinski definition) is 3. The molecule has 3 heteroatoms. The van der Waals surface area contributed by atoms with Gasteiger partial charge in [0.05, 0.1) is 0 Å². The van der Waals surface area contributed by atoms with Gasteiger partial charge < -0.3 is 10.2 Å². The molecular weight excluding hydrogens is 222 g/mol. The molecule has 0 aromatic carbocycles. The first-order chi connectivity index (χ1) is 8.81. The Morgan fingerprint density at radius 3 is 2.28 bits per heavy atom. The number of rotatable bonds is 3. The van der Waals surface area contributed by atoms with Crippen LogP contribution in [0.5, 0.6) is 0 Å². The fourth-order valence-corrected chi connectivity index (χ4v) is 4.10. The van der Waals surface area contributed by atoms with Gasteiger partial charge in [0, 0.05) is 38.8 Å². The molecule has 0 atom stereocenters. The van der Waals surface area contributed by atoms with E-state index >= 15 is 0 Å². The van der Waals surface area contributed by atoms with Crippen molar-refractivity contribution in [2.75, 3.05) is 45.8 Å². The predicted octanol–water partition coefficient (Wildman–Crippen LogP) is 1.40. The summed E-state index contributed by atoms with van der Waals surface area (Å²) in [6.07, 6.45) is 5.78. The average Bonchev–Trinajstić information content (AvgIpc) is 2.39. The topological polar surface area (TPSA) is 18.5 Å². The van der Waals surface area contributed by atoms with Crippen LogP contribution in [0, 0.1) is 11.8 Å². The van der Waals surface area contributed by atoms with E-state index < -0.39 is 0 Å². The van der Waals surface area contributed by atoms with Crippen LogP contribution in [0.25, 0.3) is 0 Å². The van der Waals surface area contributed by atoms with Gasteiger partial charge in [0.25, 0.3) is 0 Å². The maximum atomic E-state index is 3.46. The molecule has 3 nitrogen and oxygen atoms in total. The van der Waals surface area contributed by atoms with Crippen LogP contribution >= 0.6 is 0 Å². The van der Waals surface area contributed by atoms with Crippen molar-refractivity contribution >= 4 is 0 Å². The van der Waals surface area contributed by atoms with Crippen molar-refractivity contribution in [1.29, 1.82) is 0 Å². The van der Waals surface area contributed by atoms with Gasteiger partial charge in [0.1, 0.15) is 0 Å². The van der Waals surface area contributed by atoms with Crippen molar-refractivity contribution in [3.63, 3.8) is 0 Å². The molecule has 18 heavy (non-hydrogen) atoms. The van der Waals surface area contributed by atoms with Crippen LogP contribution in [0.1, 0.15) is 32.6 Å². The molecule has 2 saturated heterocycles. The molecule has 2 heterocycles. The summed E-state index contributed by atoms with van der Waals surface area (Å²) >= 11 is 0. The Morgan fingerprint density at radius 2 is 1.67 bits per heavy atom. The van der Waals surface area contributed by atoms with Crippen LogP contribution in [0.3, 0.4) is 0 Å². The van der Waals surface area contributed by atoms with E-state index in [4.69, 9.17) is 0 Å². The van der Waals surface area contributed by atoms with Crippen LogP contribution < -0.4 is 5.32 Å². The molecule has 0 amide bonds. The van der Waals surface area contributed by atoms with Gasteiger partial charge in [-0.1, -0.05) is 6.92 Å². The number of piperazine rings is 1. The van der Waals surface area contributed by atoms with E-state index in [1.807, 2.05) is 0 Å². The smallest absolute Gasteiger partial charge is 0.0121 e. The summed E-state index contributed by atoms with van der Waals surface area (Å²) in [5.41, 5.74) is 0. The fraction of sp³-hybridized carbons (Fsp3) is 1.00. The van der Waals surface area contributed by atoms with Crippen LogP contribution in [0.4, 0.5) is 0 Å². The molecule has 1 aliphatic carbocycles. The minimum absolute atomic E-state index is 0.878. The summed E-state index contributed by atoms with van der Waals surface area (Å²) in [5.74, 6) is 2.03. The zero-order valence-electron chi connectivity index (χ0n) is 11.9. The molecule has 0 aromatic heterocycles. The Labute approximate surface area is 112 Å². The third kappa shape index (κ3) is 3.06. The van der Waals surface area contributed by atoms with E-state index in [-0.39, 0.29) is 0 Å². The molecule has 0 spiro atoms. The molecule has 3 aliphatic rings. The molecule has 3 fully saturated rings. The highest BCUT2D eigenvalue weighted by Crippen LogP contribution is 2.34. The first kappa shape index (κ1) is 12.9. The third-order valence-electron chi connectivity index (χ3n) is 5.21. The lowest BCUT2D eigenvalue weighted by Gasteiger charge is -2.43. The molecule has 1 saturated carbocycles. The summed E-state index contributed by atoms with van der Waals surface area (Å²) in [6.45, 7) is 11.4. The van der Waals surface area contributed by atoms with E-state index in [0.29, 0.717) is 0 Å². The SMILES string of the molecule is CC1CC(CN2CCC(N3CCNCC3)CC2)C1. The van der Waals surface area contributed by atoms with E-state index in [1.54, 1.807) is 0 Å². The van der Waals surface area contributed by atoms with Gasteiger partial charge in [-0.05, 0) is 50.6 Å². The lowest BCUT2D eigenvalue weighted by molar-refractivity contribution is 0.0702. The van der Waals surface area contributed by atoms with Crippen molar-refractivity contribution < 1.29 is 0 Å². The highest BCUT2D eigenvalue weighted by Gasteiger charge is 2.30. The Hall–Kier alpha value is -0.120. The Balaban J connectivity index is 1.38. The second-order valence-electron chi connectivity index (χ2n) is 6.76. The van der Waals surface area contributed by atoms with Gasteiger partial charge in [0.2, 0.25) is 0 Å². The van der Waals surface area contributed by atoms with Crippen molar-refractivity contribution in [2.45, 2.75) is 38.6 Å². The summed E-state index contributed by atoms with van der Waals surface area (Å²) in [5, 5.41) is 3.46. The minimum atomic E-state index is 0.878. The van der Waals surface area contributed by atoms with Crippen LogP contribution in [-0.2, 0) is 0 Å². The highest BCUT2D eigenvalue weighted by atomic mass is 15.2. The number of likely N-dealkylation sites (tertiary alicyclic amines) is 1. The maximum absolute atomic E-state index is 3.46. The number of nitrogens with zero attached hydrogens (tertiary/aromatic N) is 2. The molecule has 3 rings (SSSR count). The lowest BCUT2D eigenvalue weighted by atomic mass is 9.76. The summed E-state index contributed by atoms with van der Waals surface area (Å²) in [6, 6.07) is 0.878. The van der Waals surface area contributed by atoms with E-state index in [9.17, 15) is 0 Å². The Kier molecular flexibility index (Phi) is 4.22. The van der Waals surface area contributed by atoms with E-state index in [1.165, 1.54) is 71.5 Å². The molecule has 0 bridgehead atoms. The summed E-state index contributed by atoms with van der Waals surface area (Å²) in [4.78, 5) is 5.45. The maximum Gasteiger partial charge on any atom is 0.0121 e. The summed E-state index contributed by atoms with van der Waals surface area (Å²) in [7, 11) is 0. The van der Waals surface area contributed by atoms with Crippen molar-refractivity contribution in [3.8, 4) is 0 Å². The Morgan fingerprint density at radius 1 is 1.00 bits per heavy atom. The van der Waals surface area contributed by atoms with Crippen molar-refractivity contribution in [1.82, 2.24) is 15.1 Å². The zero-order chi connectivity index (χ0) is 12.4. The average molecular weight is 251 g/mol. The lowest BCUT2D eigenvalue weighted by Crippen LogP contribution is -2.52. The van der Waals surface area contributed by atoms with Gasteiger partial charge in [-0.15, -0.1) is 0 Å². The second kappa shape index (κ2) is 5.89. The molecular formula is C15H29N3. The summed E-state index contributed by atoms with van der Waals surface area (Å²) < 4.78 is 0. The fourth-order valence-electron chi connectivity index (χ4n) is 4.10. The van der Waals surface area contributed by atoms with Crippen LogP contribution in [0.15, 0.2) is 0 Å². The standard InChI is InChI=1S/C15H29N3/c1-13-10-14(11-13)12-17-6-2-15(3-7-17)18-8-4-16-5-9-18/h13-16H,2-12H2,1H3. The van der Waals surface area contributed by atoms with Gasteiger partial charge in [-0.25, -0.2) is 0 Å². The van der Waals surface area contributed by atoms with Gasteiger partial charge in [0.15, 0.2) is 0 Å². The Bertz CT molecular complexity index is 248. The van der Waals surface area contributed by atoms with Crippen molar-refractivity contribution in [3.05, 3.63) is 0 Å². The zero-order valence-corrected chi connectivity index (χ0v) is 11.9. The molecule has 0 aromatic rings. The largest absolute Gasteiger partial charge is 0.314 e. The van der Waals surface area contributed by atoms with E-state index in [0.717, 1.165) is 17.9 Å². The molecule has 104 valence electrons. The van der Waals surface area contributed by atoms with E-state index in [2.05, 4.69) is 22.0 Å². The second-order valence-corrected chi connectivity index (χ2v) is 6.76. The van der Waals surface area contributed by atoms with Gasteiger partial charge in [-0.3, -0.25) is 4.90 Å². The van der Waals surface area contributed by atoms with Gasteiger partial charge in [-0.2, -0.15) is 0 Å². The highest BCUT2D eigenvalue weighted by molar-refractivity contribution is 4.85. The van der Waals surface area contributed by atoms with Crippen molar-refractivity contribution in [2.24, 2.45) is 11.8 Å². The van der Waals surface area contributed by atoms with Crippen LogP contribution in [-0.4, -0.2) is 61.7 Å². The van der Waals surface area contributed by atoms with Gasteiger partial charge >= 0.3 is 0 Å². The molecule has 2 aliphatic heterocycles. The number of piperidine rings is 1. The number of hydrogen-bond donors (Lipinski definition) is 1. The normalized spacial score (nSPS) is 36.5.